The van der Waals surface area contributed by atoms with Crippen molar-refractivity contribution in [2.45, 2.75) is 6.42 Å². The average Bonchev–Trinajstić information content (AvgIpc) is 3.26. The quantitative estimate of drug-likeness (QED) is 0.556. The Morgan fingerprint density at radius 3 is 2.88 bits per heavy atom. The molecular weight excluding hydrogens is 360 g/mol. The summed E-state index contributed by atoms with van der Waals surface area (Å²) in [5.74, 6) is -0.0914. The molecule has 4 rings (SSSR count). The van der Waals surface area contributed by atoms with Gasteiger partial charge in [-0.1, -0.05) is 11.6 Å². The SMILES string of the molecule is Cn1ccc2cc(-c3nc(CC(=O)O)c(-c4ccc(Cl)s4)o3)ccc21. The van der Waals surface area contributed by atoms with E-state index in [0.29, 0.717) is 21.7 Å². The van der Waals surface area contributed by atoms with Crippen molar-refractivity contribution in [3.05, 3.63) is 52.6 Å². The number of carboxylic acids is 1. The third-order valence-electron chi connectivity index (χ3n) is 3.95. The summed E-state index contributed by atoms with van der Waals surface area (Å²) in [6, 6.07) is 11.5. The van der Waals surface area contributed by atoms with E-state index in [2.05, 4.69) is 4.98 Å². The molecule has 4 aromatic rings. The molecule has 7 heteroatoms. The number of carbonyl (C=O) groups is 1. The van der Waals surface area contributed by atoms with Crippen LogP contribution in [-0.2, 0) is 18.3 Å². The Bertz CT molecular complexity index is 1090. The van der Waals surface area contributed by atoms with Gasteiger partial charge in [-0.15, -0.1) is 11.3 Å². The molecule has 0 bridgehead atoms. The van der Waals surface area contributed by atoms with Gasteiger partial charge in [-0.25, -0.2) is 4.98 Å². The van der Waals surface area contributed by atoms with Crippen LogP contribution in [0.5, 0.6) is 0 Å². The lowest BCUT2D eigenvalue weighted by molar-refractivity contribution is -0.136. The van der Waals surface area contributed by atoms with Crippen molar-refractivity contribution in [3.63, 3.8) is 0 Å². The van der Waals surface area contributed by atoms with Crippen LogP contribution in [0.4, 0.5) is 0 Å². The summed E-state index contributed by atoms with van der Waals surface area (Å²) in [5, 5.41) is 10.2. The first-order valence-corrected chi connectivity index (χ1v) is 8.73. The van der Waals surface area contributed by atoms with Crippen molar-refractivity contribution in [1.29, 1.82) is 0 Å². The Labute approximate surface area is 152 Å². The number of aliphatic carboxylic acids is 1. The van der Waals surface area contributed by atoms with Crippen molar-refractivity contribution >= 4 is 39.8 Å². The summed E-state index contributed by atoms with van der Waals surface area (Å²) in [5.41, 5.74) is 2.31. The molecule has 0 atom stereocenters. The molecule has 25 heavy (non-hydrogen) atoms. The number of benzene rings is 1. The third kappa shape index (κ3) is 2.94. The number of aromatic nitrogens is 2. The Hall–Kier alpha value is -2.57. The maximum absolute atomic E-state index is 11.2. The standard InChI is InChI=1S/C18H13ClN2O3S/c1-21-7-6-10-8-11(2-3-13(10)21)18-20-12(9-16(22)23)17(24-18)14-4-5-15(19)25-14/h2-8H,9H2,1H3,(H,22,23). The Kier molecular flexibility index (Phi) is 3.86. The summed E-state index contributed by atoms with van der Waals surface area (Å²) >= 11 is 7.33. The largest absolute Gasteiger partial charge is 0.481 e. The number of thiophene rings is 1. The highest BCUT2D eigenvalue weighted by Crippen LogP contribution is 2.36. The van der Waals surface area contributed by atoms with Gasteiger partial charge in [0.2, 0.25) is 5.89 Å². The second kappa shape index (κ2) is 6.06. The molecule has 1 aromatic carbocycles. The number of hydrogen-bond acceptors (Lipinski definition) is 4. The molecule has 5 nitrogen and oxygen atoms in total. The van der Waals surface area contributed by atoms with Crippen molar-refractivity contribution < 1.29 is 14.3 Å². The van der Waals surface area contributed by atoms with Gasteiger partial charge in [-0.2, -0.15) is 0 Å². The van der Waals surface area contributed by atoms with E-state index >= 15 is 0 Å². The molecule has 1 N–H and O–H groups in total. The Morgan fingerprint density at radius 2 is 2.16 bits per heavy atom. The molecule has 0 saturated carbocycles. The second-order valence-corrected chi connectivity index (χ2v) is 7.38. The molecule has 0 aliphatic rings. The fourth-order valence-corrected chi connectivity index (χ4v) is 3.83. The van der Waals surface area contributed by atoms with Gasteiger partial charge in [0.15, 0.2) is 5.76 Å². The van der Waals surface area contributed by atoms with Crippen molar-refractivity contribution in [1.82, 2.24) is 9.55 Å². The highest BCUT2D eigenvalue weighted by molar-refractivity contribution is 7.19. The van der Waals surface area contributed by atoms with E-state index in [1.54, 1.807) is 6.07 Å². The van der Waals surface area contributed by atoms with E-state index in [9.17, 15) is 4.79 Å². The van der Waals surface area contributed by atoms with Crippen LogP contribution in [0, 0.1) is 0 Å². The summed E-state index contributed by atoms with van der Waals surface area (Å²) in [4.78, 5) is 16.4. The second-order valence-electron chi connectivity index (χ2n) is 5.67. The van der Waals surface area contributed by atoms with E-state index < -0.39 is 5.97 Å². The predicted molar refractivity (Wildman–Crippen MR) is 98.1 cm³/mol. The molecule has 0 aliphatic heterocycles. The summed E-state index contributed by atoms with van der Waals surface area (Å²) in [7, 11) is 1.98. The number of fused-ring (bicyclic) bond motifs is 1. The van der Waals surface area contributed by atoms with Crippen LogP contribution < -0.4 is 0 Å². The monoisotopic (exact) mass is 372 g/mol. The minimum absolute atomic E-state index is 0.206. The van der Waals surface area contributed by atoms with E-state index in [-0.39, 0.29) is 6.42 Å². The van der Waals surface area contributed by atoms with Crippen molar-refractivity contribution in [3.8, 4) is 22.1 Å². The van der Waals surface area contributed by atoms with Crippen LogP contribution in [-0.4, -0.2) is 20.6 Å². The molecule has 0 saturated heterocycles. The van der Waals surface area contributed by atoms with Gasteiger partial charge in [0.05, 0.1) is 21.3 Å². The first kappa shape index (κ1) is 15.9. The van der Waals surface area contributed by atoms with Crippen molar-refractivity contribution in [2.24, 2.45) is 7.05 Å². The van der Waals surface area contributed by atoms with E-state index in [1.165, 1.54) is 11.3 Å². The normalized spacial score (nSPS) is 11.3. The predicted octanol–water partition coefficient (Wildman–Crippen LogP) is 4.84. The maximum atomic E-state index is 11.2. The number of rotatable bonds is 4. The zero-order valence-corrected chi connectivity index (χ0v) is 14.8. The van der Waals surface area contributed by atoms with Crippen LogP contribution >= 0.6 is 22.9 Å². The van der Waals surface area contributed by atoms with Crippen LogP contribution in [0.2, 0.25) is 4.34 Å². The lowest BCUT2D eigenvalue weighted by Gasteiger charge is -1.98. The van der Waals surface area contributed by atoms with E-state index in [4.69, 9.17) is 21.1 Å². The summed E-state index contributed by atoms with van der Waals surface area (Å²) in [6.45, 7) is 0. The number of carboxylic acid groups (broad SMARTS) is 1. The number of halogens is 1. The zero-order chi connectivity index (χ0) is 17.6. The Morgan fingerprint density at radius 1 is 1.32 bits per heavy atom. The highest BCUT2D eigenvalue weighted by atomic mass is 35.5. The van der Waals surface area contributed by atoms with Gasteiger partial charge in [0, 0.05) is 29.7 Å². The molecule has 0 aliphatic carbocycles. The Balaban J connectivity index is 1.83. The average molecular weight is 373 g/mol. The molecule has 0 unspecified atom stereocenters. The van der Waals surface area contributed by atoms with Crippen LogP contribution in [0.3, 0.4) is 0 Å². The highest BCUT2D eigenvalue weighted by Gasteiger charge is 2.20. The van der Waals surface area contributed by atoms with Gasteiger partial charge in [-0.3, -0.25) is 4.79 Å². The maximum Gasteiger partial charge on any atom is 0.309 e. The first-order chi connectivity index (χ1) is 12.0. The van der Waals surface area contributed by atoms with Gasteiger partial charge in [-0.05, 0) is 36.4 Å². The fourth-order valence-electron chi connectivity index (χ4n) is 2.78. The first-order valence-electron chi connectivity index (χ1n) is 7.54. The number of nitrogens with zero attached hydrogens (tertiary/aromatic N) is 2. The lowest BCUT2D eigenvalue weighted by Crippen LogP contribution is -2.01. The minimum atomic E-state index is -0.956. The number of hydrogen-bond donors (Lipinski definition) is 1. The molecule has 0 fully saturated rings. The summed E-state index contributed by atoms with van der Waals surface area (Å²) in [6.07, 6.45) is 1.78. The molecule has 3 heterocycles. The topological polar surface area (TPSA) is 68.3 Å². The van der Waals surface area contributed by atoms with Gasteiger partial charge < -0.3 is 14.1 Å². The fraction of sp³-hybridized carbons (Fsp3) is 0.111. The molecular formula is C18H13ClN2O3S. The molecule has 0 spiro atoms. The van der Waals surface area contributed by atoms with Gasteiger partial charge >= 0.3 is 5.97 Å². The van der Waals surface area contributed by atoms with Crippen LogP contribution in [0.1, 0.15) is 5.69 Å². The lowest BCUT2D eigenvalue weighted by atomic mass is 10.1. The smallest absolute Gasteiger partial charge is 0.309 e. The molecule has 0 radical (unpaired) electrons. The van der Waals surface area contributed by atoms with Crippen molar-refractivity contribution in [2.75, 3.05) is 0 Å². The number of oxazole rings is 1. The third-order valence-corrected chi connectivity index (χ3v) is 5.18. The molecule has 126 valence electrons. The minimum Gasteiger partial charge on any atom is -0.481 e. The van der Waals surface area contributed by atoms with E-state index in [1.807, 2.05) is 48.1 Å². The number of aryl methyl sites for hydroxylation is 1. The zero-order valence-electron chi connectivity index (χ0n) is 13.2. The van der Waals surface area contributed by atoms with E-state index in [0.717, 1.165) is 21.3 Å². The summed E-state index contributed by atoms with van der Waals surface area (Å²) < 4.78 is 8.57. The van der Waals surface area contributed by atoms with Gasteiger partial charge in [0.25, 0.3) is 0 Å². The van der Waals surface area contributed by atoms with Gasteiger partial charge in [0.1, 0.15) is 0 Å². The van der Waals surface area contributed by atoms with Crippen LogP contribution in [0.15, 0.2) is 47.0 Å². The van der Waals surface area contributed by atoms with Crippen LogP contribution in [0.25, 0.3) is 33.0 Å². The molecule has 3 aromatic heterocycles. The molecule has 0 amide bonds.